The molecule has 1 saturated heterocycles. The second-order valence-corrected chi connectivity index (χ2v) is 6.29. The predicted molar refractivity (Wildman–Crippen MR) is 83.2 cm³/mol. The topological polar surface area (TPSA) is 69.2 Å². The number of β-amino-alcohol motifs (C(OH)–C–C–N with tert-alkyl or cyclic N) is 1. The van der Waals surface area contributed by atoms with Crippen molar-refractivity contribution in [2.24, 2.45) is 5.92 Å². The summed E-state index contributed by atoms with van der Waals surface area (Å²) in [7, 11) is 0. The molecule has 24 heavy (non-hydrogen) atoms. The summed E-state index contributed by atoms with van der Waals surface area (Å²) >= 11 is 0. The number of aliphatic hydroxyl groups excluding tert-OH is 1. The first-order chi connectivity index (χ1) is 11.4. The van der Waals surface area contributed by atoms with Crippen LogP contribution in [0.25, 0.3) is 0 Å². The zero-order chi connectivity index (χ0) is 17.3. The first kappa shape index (κ1) is 16.6. The van der Waals surface area contributed by atoms with Crippen LogP contribution in [0.5, 0.6) is 0 Å². The number of benzene rings is 1. The van der Waals surface area contributed by atoms with Gasteiger partial charge in [0.2, 0.25) is 5.91 Å². The maximum atomic E-state index is 13.7. The zero-order valence-electron chi connectivity index (χ0n) is 13.3. The minimum absolute atomic E-state index is 0.102. The van der Waals surface area contributed by atoms with E-state index in [-0.39, 0.29) is 30.4 Å². The number of aromatic amines is 1. The molecule has 5 nitrogen and oxygen atoms in total. The number of likely N-dealkylation sites (tertiary alicyclic amines) is 1. The third kappa shape index (κ3) is 3.62. The van der Waals surface area contributed by atoms with Gasteiger partial charge in [0, 0.05) is 30.8 Å². The number of aliphatic hydroxyl groups is 1. The van der Waals surface area contributed by atoms with Gasteiger partial charge >= 0.3 is 0 Å². The summed E-state index contributed by atoms with van der Waals surface area (Å²) in [6, 6.07) is 5.08. The molecule has 2 unspecified atom stereocenters. The predicted octanol–water partition coefficient (Wildman–Crippen LogP) is 1.60. The summed E-state index contributed by atoms with van der Waals surface area (Å²) in [5.74, 6) is -1.78. The number of aryl methyl sites for hydroxylation is 1. The molecule has 1 fully saturated rings. The average molecular weight is 335 g/mol. The van der Waals surface area contributed by atoms with Crippen molar-refractivity contribution >= 4 is 5.91 Å². The van der Waals surface area contributed by atoms with E-state index in [1.807, 2.05) is 13.0 Å². The van der Waals surface area contributed by atoms with Crippen molar-refractivity contribution in [3.8, 4) is 0 Å². The molecule has 2 heterocycles. The van der Waals surface area contributed by atoms with Crippen LogP contribution in [0.2, 0.25) is 0 Å². The van der Waals surface area contributed by atoms with E-state index >= 15 is 0 Å². The van der Waals surface area contributed by atoms with Gasteiger partial charge in [-0.15, -0.1) is 0 Å². The van der Waals surface area contributed by atoms with Crippen molar-refractivity contribution in [2.75, 3.05) is 13.1 Å². The van der Waals surface area contributed by atoms with Gasteiger partial charge in [0.1, 0.15) is 11.6 Å². The van der Waals surface area contributed by atoms with Crippen molar-refractivity contribution < 1.29 is 18.7 Å². The number of carbonyl (C=O) groups excluding carboxylic acids is 1. The Bertz CT molecular complexity index is 747. The molecule has 7 heteroatoms. The van der Waals surface area contributed by atoms with Crippen LogP contribution in [0.4, 0.5) is 8.78 Å². The highest BCUT2D eigenvalue weighted by Gasteiger charge is 2.34. The van der Waals surface area contributed by atoms with Crippen LogP contribution < -0.4 is 0 Å². The number of nitrogens with one attached hydrogen (secondary N) is 1. The Morgan fingerprint density at radius 1 is 1.38 bits per heavy atom. The standard InChI is InChI=1S/C17H19F2N3O2/c1-10-4-14(21-20-10)5-12-8-22(9-16(12)23)17(24)6-11-2-3-13(18)7-15(11)19/h2-4,7,12,16,23H,5-6,8-9H2,1H3,(H,20,21). The second-order valence-electron chi connectivity index (χ2n) is 6.29. The lowest BCUT2D eigenvalue weighted by Gasteiger charge is -2.16. The maximum Gasteiger partial charge on any atom is 0.227 e. The SMILES string of the molecule is Cc1cc(CC2CN(C(=O)Cc3ccc(F)cc3F)CC2O)n[nH]1. The Kier molecular flexibility index (Phi) is 4.62. The molecular formula is C17H19F2N3O2. The Hall–Kier alpha value is -2.28. The fraction of sp³-hybridized carbons (Fsp3) is 0.412. The van der Waals surface area contributed by atoms with Crippen LogP contribution in [0.1, 0.15) is 17.0 Å². The Labute approximate surface area is 138 Å². The van der Waals surface area contributed by atoms with Gasteiger partial charge in [-0.05, 0) is 31.0 Å². The monoisotopic (exact) mass is 335 g/mol. The third-order valence-electron chi connectivity index (χ3n) is 4.35. The Balaban J connectivity index is 1.62. The molecule has 0 saturated carbocycles. The molecule has 0 bridgehead atoms. The molecule has 0 radical (unpaired) electrons. The molecule has 3 rings (SSSR count). The highest BCUT2D eigenvalue weighted by Crippen LogP contribution is 2.22. The maximum absolute atomic E-state index is 13.7. The number of hydrogen-bond donors (Lipinski definition) is 2. The van der Waals surface area contributed by atoms with Crippen LogP contribution in [0.3, 0.4) is 0 Å². The van der Waals surface area contributed by atoms with E-state index in [1.54, 1.807) is 0 Å². The van der Waals surface area contributed by atoms with Crippen molar-refractivity contribution in [1.29, 1.82) is 0 Å². The molecular weight excluding hydrogens is 316 g/mol. The van der Waals surface area contributed by atoms with E-state index in [0.717, 1.165) is 23.5 Å². The fourth-order valence-corrected chi connectivity index (χ4v) is 3.05. The number of rotatable bonds is 4. The van der Waals surface area contributed by atoms with Gasteiger partial charge in [-0.25, -0.2) is 8.78 Å². The van der Waals surface area contributed by atoms with E-state index in [0.29, 0.717) is 13.0 Å². The quantitative estimate of drug-likeness (QED) is 0.892. The smallest absolute Gasteiger partial charge is 0.227 e. The molecule has 2 atom stereocenters. The largest absolute Gasteiger partial charge is 0.391 e. The summed E-state index contributed by atoms with van der Waals surface area (Å²) in [5.41, 5.74) is 1.94. The van der Waals surface area contributed by atoms with Crippen LogP contribution in [-0.2, 0) is 17.6 Å². The van der Waals surface area contributed by atoms with Gasteiger partial charge in [0.15, 0.2) is 0 Å². The zero-order valence-corrected chi connectivity index (χ0v) is 13.3. The number of halogens is 2. The molecule has 1 aromatic carbocycles. The highest BCUT2D eigenvalue weighted by molar-refractivity contribution is 5.79. The third-order valence-corrected chi connectivity index (χ3v) is 4.35. The molecule has 1 aromatic heterocycles. The van der Waals surface area contributed by atoms with Crippen molar-refractivity contribution in [2.45, 2.75) is 25.9 Å². The van der Waals surface area contributed by atoms with Gasteiger partial charge in [0.05, 0.1) is 18.2 Å². The van der Waals surface area contributed by atoms with Gasteiger partial charge in [-0.2, -0.15) is 5.10 Å². The second kappa shape index (κ2) is 6.68. The van der Waals surface area contributed by atoms with Crippen LogP contribution >= 0.6 is 0 Å². The molecule has 128 valence electrons. The lowest BCUT2D eigenvalue weighted by molar-refractivity contribution is -0.129. The Morgan fingerprint density at radius 3 is 2.83 bits per heavy atom. The molecule has 1 aliphatic heterocycles. The number of aromatic nitrogens is 2. The first-order valence-corrected chi connectivity index (χ1v) is 7.83. The van der Waals surface area contributed by atoms with E-state index in [4.69, 9.17) is 0 Å². The van der Waals surface area contributed by atoms with Crippen molar-refractivity contribution in [1.82, 2.24) is 15.1 Å². The van der Waals surface area contributed by atoms with Gasteiger partial charge in [-0.3, -0.25) is 9.89 Å². The number of hydrogen-bond acceptors (Lipinski definition) is 3. The van der Waals surface area contributed by atoms with Gasteiger partial charge in [0.25, 0.3) is 0 Å². The molecule has 1 amide bonds. The number of carbonyl (C=O) groups is 1. The molecule has 2 N–H and O–H groups in total. The van der Waals surface area contributed by atoms with Crippen LogP contribution in [0, 0.1) is 24.5 Å². The summed E-state index contributed by atoms with van der Waals surface area (Å²) in [5, 5.41) is 17.2. The number of nitrogens with zero attached hydrogens (tertiary/aromatic N) is 2. The van der Waals surface area contributed by atoms with E-state index in [1.165, 1.54) is 11.0 Å². The van der Waals surface area contributed by atoms with E-state index < -0.39 is 17.7 Å². The summed E-state index contributed by atoms with van der Waals surface area (Å²) in [6.45, 7) is 2.51. The van der Waals surface area contributed by atoms with Gasteiger partial charge in [-0.1, -0.05) is 6.07 Å². The molecule has 2 aromatic rings. The first-order valence-electron chi connectivity index (χ1n) is 7.83. The minimum atomic E-state index is -0.730. The van der Waals surface area contributed by atoms with Crippen LogP contribution in [-0.4, -0.2) is 45.3 Å². The Morgan fingerprint density at radius 2 is 2.17 bits per heavy atom. The molecule has 0 aliphatic carbocycles. The number of amides is 1. The van der Waals surface area contributed by atoms with Crippen molar-refractivity contribution in [3.63, 3.8) is 0 Å². The summed E-state index contributed by atoms with van der Waals surface area (Å²) in [6.07, 6.45) is -0.211. The normalized spacial score (nSPS) is 20.6. The van der Waals surface area contributed by atoms with E-state index in [9.17, 15) is 18.7 Å². The minimum Gasteiger partial charge on any atom is -0.391 e. The van der Waals surface area contributed by atoms with Crippen molar-refractivity contribution in [3.05, 3.63) is 52.9 Å². The molecule has 0 spiro atoms. The van der Waals surface area contributed by atoms with Crippen LogP contribution in [0.15, 0.2) is 24.3 Å². The summed E-state index contributed by atoms with van der Waals surface area (Å²) in [4.78, 5) is 13.9. The van der Waals surface area contributed by atoms with Gasteiger partial charge < -0.3 is 10.0 Å². The molecule has 1 aliphatic rings. The highest BCUT2D eigenvalue weighted by atomic mass is 19.1. The fourth-order valence-electron chi connectivity index (χ4n) is 3.05. The summed E-state index contributed by atoms with van der Waals surface area (Å²) < 4.78 is 26.6. The number of H-pyrrole nitrogens is 1. The van der Waals surface area contributed by atoms with E-state index in [2.05, 4.69) is 10.2 Å². The average Bonchev–Trinajstić information content (AvgIpc) is 3.09. The lowest BCUT2D eigenvalue weighted by atomic mass is 10.0. The lowest BCUT2D eigenvalue weighted by Crippen LogP contribution is -2.31.